The van der Waals surface area contributed by atoms with Gasteiger partial charge in [-0.1, -0.05) is 13.8 Å². The number of nitrogens with zero attached hydrogens (tertiary/aromatic N) is 1. The lowest BCUT2D eigenvalue weighted by molar-refractivity contribution is 0.0951. The summed E-state index contributed by atoms with van der Waals surface area (Å²) in [5.41, 5.74) is 0.477. The highest BCUT2D eigenvalue weighted by atomic mass is 79.9. The van der Waals surface area contributed by atoms with Gasteiger partial charge in [-0.3, -0.25) is 4.79 Å². The molecule has 1 aliphatic rings. The van der Waals surface area contributed by atoms with Crippen LogP contribution in [0.5, 0.6) is 0 Å². The second kappa shape index (κ2) is 8.78. The van der Waals surface area contributed by atoms with Crippen molar-refractivity contribution < 1.29 is 9.18 Å². The highest BCUT2D eigenvalue weighted by Gasteiger charge is 2.21. The number of piperidine rings is 1. The van der Waals surface area contributed by atoms with Crippen molar-refractivity contribution >= 4 is 21.8 Å². The lowest BCUT2D eigenvalue weighted by Crippen LogP contribution is -2.39. The Balaban J connectivity index is 1.66. The highest BCUT2D eigenvalue weighted by molar-refractivity contribution is 9.10. The Morgan fingerprint density at radius 3 is 2.65 bits per heavy atom. The molecule has 0 aliphatic carbocycles. The Hall–Kier alpha value is -0.940. The molecule has 2 unspecified atom stereocenters. The molecule has 0 aromatic heterocycles. The Labute approximate surface area is 146 Å². The average Bonchev–Trinajstić information content (AvgIpc) is 2.45. The summed E-state index contributed by atoms with van der Waals surface area (Å²) in [6.45, 7) is 8.79. The van der Waals surface area contributed by atoms with E-state index in [1.165, 1.54) is 37.7 Å². The lowest BCUT2D eigenvalue weighted by Gasteiger charge is -2.34. The number of unbranched alkanes of at least 4 members (excludes halogenated alkanes) is 1. The molecule has 0 radical (unpaired) electrons. The summed E-state index contributed by atoms with van der Waals surface area (Å²) in [5, 5.41) is 2.90. The Morgan fingerprint density at radius 2 is 2.00 bits per heavy atom. The fraction of sp³-hybridized carbons (Fsp3) is 0.611. The molecule has 1 heterocycles. The number of nitrogens with one attached hydrogen (secondary N) is 1. The van der Waals surface area contributed by atoms with Crippen LogP contribution in [0.2, 0.25) is 0 Å². The van der Waals surface area contributed by atoms with Gasteiger partial charge >= 0.3 is 0 Å². The zero-order valence-electron chi connectivity index (χ0n) is 13.9. The van der Waals surface area contributed by atoms with Crippen LogP contribution in [0.1, 0.15) is 43.5 Å². The minimum Gasteiger partial charge on any atom is -0.352 e. The highest BCUT2D eigenvalue weighted by Crippen LogP contribution is 2.21. The first-order chi connectivity index (χ1) is 11.0. The standard InChI is InChI=1S/C18H26BrFN2O/c1-13-9-14(2)12-22(11-13)8-4-3-7-21-18(23)16-6-5-15(20)10-17(16)19/h5-6,10,13-14H,3-4,7-9,11-12H2,1-2H3,(H,21,23). The summed E-state index contributed by atoms with van der Waals surface area (Å²) in [6, 6.07) is 4.12. The average molecular weight is 385 g/mol. The topological polar surface area (TPSA) is 32.3 Å². The van der Waals surface area contributed by atoms with Gasteiger partial charge in [0.2, 0.25) is 0 Å². The largest absolute Gasteiger partial charge is 0.352 e. The predicted molar refractivity (Wildman–Crippen MR) is 95.1 cm³/mol. The summed E-state index contributed by atoms with van der Waals surface area (Å²) < 4.78 is 13.5. The van der Waals surface area contributed by atoms with Gasteiger partial charge in [0.05, 0.1) is 5.56 Å². The molecule has 23 heavy (non-hydrogen) atoms. The number of hydrogen-bond acceptors (Lipinski definition) is 2. The van der Waals surface area contributed by atoms with Gasteiger partial charge in [0.15, 0.2) is 0 Å². The van der Waals surface area contributed by atoms with Crippen LogP contribution in [0, 0.1) is 17.7 Å². The summed E-state index contributed by atoms with van der Waals surface area (Å²) in [7, 11) is 0. The molecule has 1 fully saturated rings. The first-order valence-corrected chi connectivity index (χ1v) is 9.20. The monoisotopic (exact) mass is 384 g/mol. The summed E-state index contributed by atoms with van der Waals surface area (Å²) >= 11 is 3.23. The molecule has 1 saturated heterocycles. The molecule has 1 aliphatic heterocycles. The molecule has 2 atom stereocenters. The van der Waals surface area contributed by atoms with Gasteiger partial charge in [0.1, 0.15) is 5.82 Å². The molecule has 0 spiro atoms. The predicted octanol–water partition coefficient (Wildman–Crippen LogP) is 4.08. The number of halogens is 2. The van der Waals surface area contributed by atoms with Gasteiger partial charge in [0.25, 0.3) is 5.91 Å². The van der Waals surface area contributed by atoms with Crippen molar-refractivity contribution in [2.45, 2.75) is 33.1 Å². The van der Waals surface area contributed by atoms with E-state index >= 15 is 0 Å². The third-order valence-corrected chi connectivity index (χ3v) is 4.96. The molecule has 2 rings (SSSR count). The summed E-state index contributed by atoms with van der Waals surface area (Å²) in [4.78, 5) is 14.6. The third-order valence-electron chi connectivity index (χ3n) is 4.31. The number of hydrogen-bond donors (Lipinski definition) is 1. The van der Waals surface area contributed by atoms with Crippen molar-refractivity contribution in [3.63, 3.8) is 0 Å². The number of rotatable bonds is 6. The van der Waals surface area contributed by atoms with Crippen LogP contribution in [0.25, 0.3) is 0 Å². The number of carbonyl (C=O) groups is 1. The smallest absolute Gasteiger partial charge is 0.252 e. The Morgan fingerprint density at radius 1 is 1.30 bits per heavy atom. The van der Waals surface area contributed by atoms with Crippen LogP contribution in [0.15, 0.2) is 22.7 Å². The number of carbonyl (C=O) groups excluding carboxylic acids is 1. The van der Waals surface area contributed by atoms with Crippen LogP contribution in [-0.4, -0.2) is 37.0 Å². The van der Waals surface area contributed by atoms with Crippen molar-refractivity contribution in [2.24, 2.45) is 11.8 Å². The quantitative estimate of drug-likeness (QED) is 0.749. The Bertz CT molecular complexity index is 528. The van der Waals surface area contributed by atoms with Gasteiger partial charge in [-0.05, 0) is 71.8 Å². The first kappa shape index (κ1) is 18.4. The second-order valence-corrected chi connectivity index (χ2v) is 7.65. The van der Waals surface area contributed by atoms with E-state index in [2.05, 4.69) is 40.0 Å². The second-order valence-electron chi connectivity index (χ2n) is 6.79. The van der Waals surface area contributed by atoms with E-state index in [-0.39, 0.29) is 11.7 Å². The van der Waals surface area contributed by atoms with Crippen molar-refractivity contribution in [1.29, 1.82) is 0 Å². The van der Waals surface area contributed by atoms with Crippen LogP contribution in [-0.2, 0) is 0 Å². The van der Waals surface area contributed by atoms with Gasteiger partial charge < -0.3 is 10.2 Å². The van der Waals surface area contributed by atoms with Gasteiger partial charge in [-0.2, -0.15) is 0 Å². The molecule has 1 aromatic carbocycles. The van der Waals surface area contributed by atoms with Crippen molar-refractivity contribution in [3.8, 4) is 0 Å². The number of likely N-dealkylation sites (tertiary alicyclic amines) is 1. The summed E-state index contributed by atoms with van der Waals surface area (Å²) in [5.74, 6) is 1.07. The molecule has 1 amide bonds. The molecule has 1 aromatic rings. The molecule has 1 N–H and O–H groups in total. The van der Waals surface area contributed by atoms with Gasteiger partial charge in [0, 0.05) is 24.1 Å². The van der Waals surface area contributed by atoms with E-state index in [0.29, 0.717) is 16.6 Å². The third kappa shape index (κ3) is 5.88. The maximum Gasteiger partial charge on any atom is 0.252 e. The molecule has 0 saturated carbocycles. The minimum atomic E-state index is -0.349. The van der Waals surface area contributed by atoms with Crippen LogP contribution < -0.4 is 5.32 Å². The molecular formula is C18H26BrFN2O. The maximum atomic E-state index is 13.0. The number of amides is 1. The first-order valence-electron chi connectivity index (χ1n) is 8.41. The molecule has 5 heteroatoms. The SMILES string of the molecule is CC1CC(C)CN(CCCCNC(=O)c2ccc(F)cc2Br)C1. The fourth-order valence-electron chi connectivity index (χ4n) is 3.41. The molecular weight excluding hydrogens is 359 g/mol. The zero-order valence-corrected chi connectivity index (χ0v) is 15.5. The van der Waals surface area contributed by atoms with E-state index in [9.17, 15) is 9.18 Å². The van der Waals surface area contributed by atoms with Gasteiger partial charge in [-0.25, -0.2) is 4.39 Å². The lowest BCUT2D eigenvalue weighted by atomic mass is 9.92. The van der Waals surface area contributed by atoms with Crippen molar-refractivity contribution in [2.75, 3.05) is 26.2 Å². The van der Waals surface area contributed by atoms with E-state index in [1.54, 1.807) is 0 Å². The maximum absolute atomic E-state index is 13.0. The Kier molecular flexibility index (Phi) is 7.03. The van der Waals surface area contributed by atoms with Crippen LogP contribution in [0.4, 0.5) is 4.39 Å². The van der Waals surface area contributed by atoms with Gasteiger partial charge in [-0.15, -0.1) is 0 Å². The van der Waals surface area contributed by atoms with E-state index in [1.807, 2.05) is 0 Å². The van der Waals surface area contributed by atoms with E-state index in [0.717, 1.165) is 31.2 Å². The molecule has 3 nitrogen and oxygen atoms in total. The van der Waals surface area contributed by atoms with Crippen LogP contribution in [0.3, 0.4) is 0 Å². The molecule has 0 bridgehead atoms. The fourth-order valence-corrected chi connectivity index (χ4v) is 3.94. The van der Waals surface area contributed by atoms with Crippen molar-refractivity contribution in [1.82, 2.24) is 10.2 Å². The van der Waals surface area contributed by atoms with Crippen molar-refractivity contribution in [3.05, 3.63) is 34.1 Å². The van der Waals surface area contributed by atoms with Crippen LogP contribution >= 0.6 is 15.9 Å². The zero-order chi connectivity index (χ0) is 16.8. The minimum absolute atomic E-state index is 0.155. The normalized spacial score (nSPS) is 22.1. The van der Waals surface area contributed by atoms with E-state index in [4.69, 9.17) is 0 Å². The summed E-state index contributed by atoms with van der Waals surface area (Å²) in [6.07, 6.45) is 3.38. The molecule has 128 valence electrons. The van der Waals surface area contributed by atoms with E-state index < -0.39 is 0 Å². The number of benzene rings is 1.